The van der Waals surface area contributed by atoms with Gasteiger partial charge in [-0.15, -0.1) is 0 Å². The van der Waals surface area contributed by atoms with Gasteiger partial charge < -0.3 is 4.74 Å². The van der Waals surface area contributed by atoms with Crippen molar-refractivity contribution in [2.45, 2.75) is 38.0 Å². The Balaban J connectivity index is 1.99. The van der Waals surface area contributed by atoms with Crippen LogP contribution in [0.5, 0.6) is 5.75 Å². The van der Waals surface area contributed by atoms with Crippen LogP contribution in [0.1, 0.15) is 43.9 Å². The van der Waals surface area contributed by atoms with Gasteiger partial charge in [0, 0.05) is 5.41 Å². The zero-order valence-corrected chi connectivity index (χ0v) is 13.7. The average molecular weight is 292 g/mol. The summed E-state index contributed by atoms with van der Waals surface area (Å²) < 4.78 is 5.60. The third-order valence-electron chi connectivity index (χ3n) is 4.91. The van der Waals surface area contributed by atoms with E-state index in [1.807, 2.05) is 0 Å². The van der Waals surface area contributed by atoms with Gasteiger partial charge in [0.25, 0.3) is 0 Å². The molecule has 0 radical (unpaired) electrons. The third kappa shape index (κ3) is 2.35. The van der Waals surface area contributed by atoms with E-state index in [0.717, 1.165) is 12.2 Å². The number of hydrogen-bond donors (Lipinski definition) is 0. The van der Waals surface area contributed by atoms with Crippen molar-refractivity contribution < 1.29 is 4.74 Å². The Morgan fingerprint density at radius 3 is 2.27 bits per heavy atom. The summed E-state index contributed by atoms with van der Waals surface area (Å²) in [7, 11) is 0. The van der Waals surface area contributed by atoms with E-state index in [4.69, 9.17) is 4.74 Å². The Kier molecular flexibility index (Phi) is 3.60. The predicted molar refractivity (Wildman–Crippen MR) is 92.7 cm³/mol. The fraction of sp³-hybridized carbons (Fsp3) is 0.333. The minimum Gasteiger partial charge on any atom is -0.490 e. The number of ether oxygens (including phenoxy) is 1. The predicted octanol–water partition coefficient (Wildman–Crippen LogP) is 5.24. The molecule has 0 amide bonds. The van der Waals surface area contributed by atoms with Gasteiger partial charge in [0.1, 0.15) is 12.4 Å². The molecule has 0 fully saturated rings. The van der Waals surface area contributed by atoms with E-state index in [1.54, 1.807) is 6.08 Å². The summed E-state index contributed by atoms with van der Waals surface area (Å²) in [6.45, 7) is 11.3. The number of fused-ring (bicyclic) bond motifs is 1. The number of benzene rings is 2. The lowest BCUT2D eigenvalue weighted by molar-refractivity contribution is 0.362. The SMILES string of the molecule is C=CCOc1ccc(C2(C)CC(C)(C)c3ccccc32)cc1. The molecule has 1 aliphatic carbocycles. The molecule has 2 aromatic rings. The summed E-state index contributed by atoms with van der Waals surface area (Å²) in [5, 5.41) is 0. The zero-order chi connectivity index (χ0) is 15.8. The highest BCUT2D eigenvalue weighted by Gasteiger charge is 2.45. The van der Waals surface area contributed by atoms with Gasteiger partial charge in [-0.3, -0.25) is 0 Å². The fourth-order valence-electron chi connectivity index (χ4n) is 3.96. The van der Waals surface area contributed by atoms with Crippen LogP contribution >= 0.6 is 0 Å². The van der Waals surface area contributed by atoms with Crippen molar-refractivity contribution in [3.8, 4) is 5.75 Å². The quantitative estimate of drug-likeness (QED) is 0.700. The summed E-state index contributed by atoms with van der Waals surface area (Å²) in [6, 6.07) is 17.4. The second kappa shape index (κ2) is 5.31. The van der Waals surface area contributed by atoms with Crippen LogP contribution in [0, 0.1) is 0 Å². The largest absolute Gasteiger partial charge is 0.490 e. The van der Waals surface area contributed by atoms with Gasteiger partial charge in [-0.05, 0) is 40.7 Å². The van der Waals surface area contributed by atoms with Gasteiger partial charge in [0.2, 0.25) is 0 Å². The average Bonchev–Trinajstić information content (AvgIpc) is 2.74. The van der Waals surface area contributed by atoms with Crippen molar-refractivity contribution in [3.63, 3.8) is 0 Å². The van der Waals surface area contributed by atoms with Gasteiger partial charge in [0.05, 0.1) is 0 Å². The molecule has 3 rings (SSSR count). The molecule has 0 spiro atoms. The van der Waals surface area contributed by atoms with Crippen LogP contribution in [0.15, 0.2) is 61.2 Å². The first kappa shape index (κ1) is 14.9. The van der Waals surface area contributed by atoms with Crippen LogP contribution in [-0.4, -0.2) is 6.61 Å². The molecule has 1 nitrogen and oxygen atoms in total. The first-order chi connectivity index (χ1) is 10.5. The van der Waals surface area contributed by atoms with Crippen LogP contribution in [-0.2, 0) is 10.8 Å². The molecule has 0 heterocycles. The molecule has 0 saturated carbocycles. The maximum atomic E-state index is 5.60. The summed E-state index contributed by atoms with van der Waals surface area (Å²) in [5.74, 6) is 0.901. The van der Waals surface area contributed by atoms with Crippen LogP contribution < -0.4 is 4.74 Å². The molecular formula is C21H24O. The summed E-state index contributed by atoms with van der Waals surface area (Å²) in [5.41, 5.74) is 4.57. The summed E-state index contributed by atoms with van der Waals surface area (Å²) in [6.07, 6.45) is 2.90. The smallest absolute Gasteiger partial charge is 0.119 e. The molecule has 1 heteroatoms. The highest BCUT2D eigenvalue weighted by atomic mass is 16.5. The van der Waals surface area contributed by atoms with E-state index in [9.17, 15) is 0 Å². The maximum absolute atomic E-state index is 5.60. The van der Waals surface area contributed by atoms with Crippen molar-refractivity contribution in [1.29, 1.82) is 0 Å². The van der Waals surface area contributed by atoms with Crippen molar-refractivity contribution in [3.05, 3.63) is 77.9 Å². The second-order valence-electron chi connectivity index (χ2n) is 7.06. The van der Waals surface area contributed by atoms with Crippen molar-refractivity contribution in [2.24, 2.45) is 0 Å². The Bertz CT molecular complexity index is 681. The van der Waals surface area contributed by atoms with Gasteiger partial charge >= 0.3 is 0 Å². The van der Waals surface area contributed by atoms with E-state index in [-0.39, 0.29) is 10.8 Å². The lowest BCUT2D eigenvalue weighted by Gasteiger charge is -2.28. The van der Waals surface area contributed by atoms with Crippen molar-refractivity contribution in [1.82, 2.24) is 0 Å². The van der Waals surface area contributed by atoms with Gasteiger partial charge in [0.15, 0.2) is 0 Å². The molecular weight excluding hydrogens is 268 g/mol. The molecule has 0 aliphatic heterocycles. The topological polar surface area (TPSA) is 9.23 Å². The fourth-order valence-corrected chi connectivity index (χ4v) is 3.96. The Hall–Kier alpha value is -2.02. The van der Waals surface area contributed by atoms with Crippen LogP contribution in [0.4, 0.5) is 0 Å². The van der Waals surface area contributed by atoms with Gasteiger partial charge in [-0.25, -0.2) is 0 Å². The molecule has 1 aliphatic rings. The van der Waals surface area contributed by atoms with Crippen LogP contribution in [0.3, 0.4) is 0 Å². The molecule has 0 aromatic heterocycles. The van der Waals surface area contributed by atoms with Crippen molar-refractivity contribution >= 4 is 0 Å². The lowest BCUT2D eigenvalue weighted by Crippen LogP contribution is -2.23. The normalized spacial score (nSPS) is 22.1. The van der Waals surface area contributed by atoms with Crippen LogP contribution in [0.25, 0.3) is 0 Å². The third-order valence-corrected chi connectivity index (χ3v) is 4.91. The number of rotatable bonds is 4. The highest BCUT2D eigenvalue weighted by molar-refractivity contribution is 5.52. The summed E-state index contributed by atoms with van der Waals surface area (Å²) in [4.78, 5) is 0. The van der Waals surface area contributed by atoms with Crippen molar-refractivity contribution in [2.75, 3.05) is 6.61 Å². The van der Waals surface area contributed by atoms with E-state index < -0.39 is 0 Å². The highest BCUT2D eigenvalue weighted by Crippen LogP contribution is 2.52. The molecule has 0 saturated heterocycles. The molecule has 114 valence electrons. The Morgan fingerprint density at radius 1 is 1.00 bits per heavy atom. The first-order valence-corrected chi connectivity index (χ1v) is 7.92. The molecule has 2 aromatic carbocycles. The van der Waals surface area contributed by atoms with E-state index in [0.29, 0.717) is 6.61 Å². The zero-order valence-electron chi connectivity index (χ0n) is 13.7. The monoisotopic (exact) mass is 292 g/mol. The molecule has 22 heavy (non-hydrogen) atoms. The lowest BCUT2D eigenvalue weighted by atomic mass is 9.75. The number of hydrogen-bond acceptors (Lipinski definition) is 1. The Labute approximate surface area is 133 Å². The standard InChI is InChI=1S/C21H24O/c1-5-14-22-17-12-10-16(11-13-17)21(4)15-20(2,3)18-8-6-7-9-19(18)21/h5-13H,1,14-15H2,2-4H3. The molecule has 0 bridgehead atoms. The molecule has 0 N–H and O–H groups in total. The van der Waals surface area contributed by atoms with Gasteiger partial charge in [-0.1, -0.05) is 69.8 Å². The van der Waals surface area contributed by atoms with Gasteiger partial charge in [-0.2, -0.15) is 0 Å². The van der Waals surface area contributed by atoms with Crippen LogP contribution in [0.2, 0.25) is 0 Å². The molecule has 1 atom stereocenters. The second-order valence-corrected chi connectivity index (χ2v) is 7.06. The summed E-state index contributed by atoms with van der Waals surface area (Å²) >= 11 is 0. The van der Waals surface area contributed by atoms with E-state index in [2.05, 4.69) is 75.9 Å². The first-order valence-electron chi connectivity index (χ1n) is 7.92. The minimum atomic E-state index is 0.0665. The maximum Gasteiger partial charge on any atom is 0.119 e. The Morgan fingerprint density at radius 2 is 1.64 bits per heavy atom. The van der Waals surface area contributed by atoms with E-state index >= 15 is 0 Å². The minimum absolute atomic E-state index is 0.0665. The molecule has 1 unspecified atom stereocenters. The van der Waals surface area contributed by atoms with E-state index in [1.165, 1.54) is 16.7 Å².